The molecule has 2 heterocycles. The van der Waals surface area contributed by atoms with Crippen LogP contribution in [0.3, 0.4) is 0 Å². The predicted molar refractivity (Wildman–Crippen MR) is 67.4 cm³/mol. The maximum atomic E-state index is 11.6. The first kappa shape index (κ1) is 12.8. The summed E-state index contributed by atoms with van der Waals surface area (Å²) in [4.78, 5) is 15.8. The third-order valence-corrected chi connectivity index (χ3v) is 3.41. The van der Waals surface area contributed by atoms with Crippen LogP contribution in [-0.2, 0) is 17.5 Å². The predicted octanol–water partition coefficient (Wildman–Crippen LogP) is 2.48. The number of aromatic nitrogens is 2. The zero-order chi connectivity index (χ0) is 13.0. The van der Waals surface area contributed by atoms with Crippen molar-refractivity contribution >= 4 is 17.7 Å². The molecule has 0 aromatic carbocycles. The molecule has 0 bridgehead atoms. The molecule has 0 aliphatic heterocycles. The molecule has 0 aliphatic rings. The molecule has 2 aromatic heterocycles. The van der Waals surface area contributed by atoms with Gasteiger partial charge in [-0.3, -0.25) is 0 Å². The van der Waals surface area contributed by atoms with Crippen molar-refractivity contribution in [2.75, 3.05) is 6.61 Å². The van der Waals surface area contributed by atoms with E-state index >= 15 is 0 Å². The average molecular weight is 266 g/mol. The summed E-state index contributed by atoms with van der Waals surface area (Å²) in [7, 11) is 1.92. The number of hydrogen-bond donors (Lipinski definition) is 0. The Kier molecular flexibility index (Phi) is 4.09. The first-order valence-corrected chi connectivity index (χ1v) is 6.54. The van der Waals surface area contributed by atoms with E-state index in [0.717, 1.165) is 5.16 Å². The van der Waals surface area contributed by atoms with Crippen LogP contribution in [0, 0.1) is 0 Å². The molecule has 0 radical (unpaired) electrons. The molecular weight excluding hydrogens is 252 g/mol. The topological polar surface area (TPSA) is 57.3 Å². The lowest BCUT2D eigenvalue weighted by Crippen LogP contribution is -2.05. The molecule has 5 nitrogen and oxygen atoms in total. The van der Waals surface area contributed by atoms with E-state index in [4.69, 9.17) is 9.15 Å². The third kappa shape index (κ3) is 2.76. The van der Waals surface area contributed by atoms with Gasteiger partial charge in [0.2, 0.25) is 0 Å². The van der Waals surface area contributed by atoms with Crippen LogP contribution in [0.5, 0.6) is 0 Å². The monoisotopic (exact) mass is 266 g/mol. The fourth-order valence-electron chi connectivity index (χ4n) is 1.46. The van der Waals surface area contributed by atoms with Gasteiger partial charge in [0, 0.05) is 19.4 Å². The Morgan fingerprint density at radius 3 is 3.11 bits per heavy atom. The van der Waals surface area contributed by atoms with Gasteiger partial charge in [-0.1, -0.05) is 11.8 Å². The van der Waals surface area contributed by atoms with Crippen molar-refractivity contribution in [2.45, 2.75) is 17.8 Å². The average Bonchev–Trinajstić information content (AvgIpc) is 2.95. The molecule has 2 rings (SSSR count). The largest absolute Gasteiger partial charge is 0.468 e. The maximum Gasteiger partial charge on any atom is 0.341 e. The van der Waals surface area contributed by atoms with E-state index in [-0.39, 0.29) is 5.97 Å². The molecule has 0 amide bonds. The van der Waals surface area contributed by atoms with Crippen molar-refractivity contribution in [1.29, 1.82) is 0 Å². The summed E-state index contributed by atoms with van der Waals surface area (Å²) in [6.45, 7) is 2.14. The van der Waals surface area contributed by atoms with Gasteiger partial charge >= 0.3 is 5.97 Å². The van der Waals surface area contributed by atoms with E-state index in [2.05, 4.69) is 4.98 Å². The summed E-state index contributed by atoms with van der Waals surface area (Å²) in [6, 6.07) is 1.63. The van der Waals surface area contributed by atoms with E-state index in [1.807, 2.05) is 17.8 Å². The van der Waals surface area contributed by atoms with Gasteiger partial charge in [0.25, 0.3) is 0 Å². The van der Waals surface area contributed by atoms with Gasteiger partial charge in [-0.05, 0) is 13.0 Å². The summed E-state index contributed by atoms with van der Waals surface area (Å²) in [5.74, 6) is 0.814. The number of carbonyl (C=O) groups excluding carboxylic acids is 1. The van der Waals surface area contributed by atoms with E-state index < -0.39 is 0 Å². The smallest absolute Gasteiger partial charge is 0.341 e. The molecule has 0 aliphatic carbocycles. The van der Waals surface area contributed by atoms with Crippen LogP contribution in [0.1, 0.15) is 23.0 Å². The first-order chi connectivity index (χ1) is 8.72. The van der Waals surface area contributed by atoms with Crippen LogP contribution in [-0.4, -0.2) is 22.1 Å². The lowest BCUT2D eigenvalue weighted by Gasteiger charge is -2.03. The van der Waals surface area contributed by atoms with Gasteiger partial charge in [-0.15, -0.1) is 0 Å². The van der Waals surface area contributed by atoms with Crippen LogP contribution in [0.4, 0.5) is 0 Å². The van der Waals surface area contributed by atoms with E-state index in [1.165, 1.54) is 18.0 Å². The Morgan fingerprint density at radius 1 is 1.61 bits per heavy atom. The van der Waals surface area contributed by atoms with Crippen LogP contribution >= 0.6 is 11.8 Å². The molecule has 0 fully saturated rings. The van der Waals surface area contributed by atoms with Crippen molar-refractivity contribution in [2.24, 2.45) is 7.05 Å². The number of furan rings is 1. The third-order valence-electron chi connectivity index (χ3n) is 2.35. The van der Waals surface area contributed by atoms with E-state index in [0.29, 0.717) is 23.7 Å². The minimum absolute atomic E-state index is 0.346. The molecule has 0 atom stereocenters. The second-order valence-corrected chi connectivity index (χ2v) is 4.53. The molecule has 96 valence electrons. The number of carbonyl (C=O) groups is 1. The lowest BCUT2D eigenvalue weighted by atomic mass is 10.3. The standard InChI is InChI=1S/C12H14N2O3S/c1-3-16-11(15)9-4-7-17-10(9)8-18-12-13-5-6-14(12)2/h4-7H,3,8H2,1-2H3. The molecule has 0 unspecified atom stereocenters. The van der Waals surface area contributed by atoms with Gasteiger partial charge in [0.1, 0.15) is 11.3 Å². The Labute approximate surface area is 109 Å². The lowest BCUT2D eigenvalue weighted by molar-refractivity contribution is 0.0524. The number of ether oxygens (including phenoxy) is 1. The second-order valence-electron chi connectivity index (χ2n) is 3.59. The van der Waals surface area contributed by atoms with E-state index in [9.17, 15) is 4.79 Å². The Bertz CT molecular complexity index is 533. The molecule has 0 spiro atoms. The minimum Gasteiger partial charge on any atom is -0.468 e. The first-order valence-electron chi connectivity index (χ1n) is 5.56. The fraction of sp³-hybridized carbons (Fsp3) is 0.333. The van der Waals surface area contributed by atoms with Crippen LogP contribution < -0.4 is 0 Å². The molecular formula is C12H14N2O3S. The Balaban J connectivity index is 2.04. The molecule has 2 aromatic rings. The SMILES string of the molecule is CCOC(=O)c1ccoc1CSc1nccn1C. The molecule has 0 saturated carbocycles. The summed E-state index contributed by atoms with van der Waals surface area (Å²) >= 11 is 1.51. The van der Waals surface area contributed by atoms with Crippen molar-refractivity contribution < 1.29 is 13.9 Å². The zero-order valence-corrected chi connectivity index (χ0v) is 11.1. The molecule has 6 heteroatoms. The van der Waals surface area contributed by atoms with Crippen molar-refractivity contribution in [1.82, 2.24) is 9.55 Å². The number of aryl methyl sites for hydroxylation is 1. The zero-order valence-electron chi connectivity index (χ0n) is 10.3. The quantitative estimate of drug-likeness (QED) is 0.614. The van der Waals surface area contributed by atoms with Crippen LogP contribution in [0.15, 0.2) is 34.3 Å². The minimum atomic E-state index is -0.346. The van der Waals surface area contributed by atoms with Crippen LogP contribution in [0.25, 0.3) is 0 Å². The van der Waals surface area contributed by atoms with Gasteiger partial charge in [0.05, 0.1) is 18.6 Å². The highest BCUT2D eigenvalue weighted by molar-refractivity contribution is 7.98. The van der Waals surface area contributed by atoms with Crippen molar-refractivity contribution in [3.8, 4) is 0 Å². The van der Waals surface area contributed by atoms with Crippen molar-refractivity contribution in [3.05, 3.63) is 36.0 Å². The summed E-state index contributed by atoms with van der Waals surface area (Å²) < 4.78 is 12.2. The van der Waals surface area contributed by atoms with Gasteiger partial charge in [0.15, 0.2) is 5.16 Å². The summed E-state index contributed by atoms with van der Waals surface area (Å²) in [6.07, 6.45) is 5.11. The van der Waals surface area contributed by atoms with Gasteiger partial charge in [-0.2, -0.15) is 0 Å². The Hall–Kier alpha value is -1.69. The second kappa shape index (κ2) is 5.77. The number of thioether (sulfide) groups is 1. The highest BCUT2D eigenvalue weighted by Gasteiger charge is 2.16. The maximum absolute atomic E-state index is 11.6. The molecule has 0 N–H and O–H groups in total. The van der Waals surface area contributed by atoms with Gasteiger partial charge in [-0.25, -0.2) is 9.78 Å². The van der Waals surface area contributed by atoms with Crippen molar-refractivity contribution in [3.63, 3.8) is 0 Å². The summed E-state index contributed by atoms with van der Waals surface area (Å²) in [5.41, 5.74) is 0.485. The highest BCUT2D eigenvalue weighted by atomic mass is 32.2. The Morgan fingerprint density at radius 2 is 2.44 bits per heavy atom. The number of nitrogens with zero attached hydrogens (tertiary/aromatic N) is 2. The normalized spacial score (nSPS) is 10.6. The molecule has 0 saturated heterocycles. The highest BCUT2D eigenvalue weighted by Crippen LogP contribution is 2.23. The number of rotatable bonds is 5. The summed E-state index contributed by atoms with van der Waals surface area (Å²) in [5, 5.41) is 0.876. The number of hydrogen-bond acceptors (Lipinski definition) is 5. The fourth-order valence-corrected chi connectivity index (χ4v) is 2.35. The van der Waals surface area contributed by atoms with E-state index in [1.54, 1.807) is 19.2 Å². The van der Waals surface area contributed by atoms with Crippen LogP contribution in [0.2, 0.25) is 0 Å². The van der Waals surface area contributed by atoms with Gasteiger partial charge < -0.3 is 13.7 Å². The molecule has 18 heavy (non-hydrogen) atoms. The number of esters is 1. The number of imidazole rings is 1.